The monoisotopic (exact) mass is 421 g/mol. The van der Waals surface area contributed by atoms with Gasteiger partial charge in [0.15, 0.2) is 0 Å². The Balaban J connectivity index is 1.50. The van der Waals surface area contributed by atoms with Gasteiger partial charge in [0.1, 0.15) is 18.0 Å². The van der Waals surface area contributed by atoms with Crippen LogP contribution in [0.25, 0.3) is 11.4 Å². The lowest BCUT2D eigenvalue weighted by Crippen LogP contribution is -2.34. The van der Waals surface area contributed by atoms with E-state index in [0.717, 1.165) is 41.9 Å². The molecule has 0 saturated carbocycles. The molecule has 0 unspecified atom stereocenters. The number of carbonyl (C=O) groups is 1. The zero-order valence-corrected chi connectivity index (χ0v) is 18.1. The molecule has 0 bridgehead atoms. The number of nitrogens with zero attached hydrogens (tertiary/aromatic N) is 5. The molecule has 1 saturated heterocycles. The Morgan fingerprint density at radius 3 is 2.65 bits per heavy atom. The van der Waals surface area contributed by atoms with E-state index in [-0.39, 0.29) is 18.5 Å². The third kappa shape index (κ3) is 4.38. The number of hydrogen-bond donors (Lipinski definition) is 0. The smallest absolute Gasteiger partial charge is 0.246 e. The van der Waals surface area contributed by atoms with Crippen LogP contribution in [0.4, 0.5) is 0 Å². The molecular weight excluding hydrogens is 394 g/mol. The van der Waals surface area contributed by atoms with Crippen LogP contribution >= 0.6 is 0 Å². The number of aryl methyl sites for hydroxylation is 1. The number of rotatable bonds is 7. The predicted molar refractivity (Wildman–Crippen MR) is 116 cm³/mol. The van der Waals surface area contributed by atoms with E-state index in [4.69, 9.17) is 9.47 Å². The van der Waals surface area contributed by atoms with Crippen molar-refractivity contribution in [2.24, 2.45) is 0 Å². The molecule has 162 valence electrons. The number of carbonyl (C=O) groups excluding carboxylic acids is 1. The van der Waals surface area contributed by atoms with Crippen LogP contribution in [-0.2, 0) is 17.8 Å². The predicted octanol–water partition coefficient (Wildman–Crippen LogP) is 3.28. The van der Waals surface area contributed by atoms with E-state index in [1.165, 1.54) is 10.4 Å². The topological polar surface area (TPSA) is 82.4 Å². The first-order chi connectivity index (χ1) is 15.1. The third-order valence-corrected chi connectivity index (χ3v) is 5.72. The summed E-state index contributed by atoms with van der Waals surface area (Å²) >= 11 is 0. The summed E-state index contributed by atoms with van der Waals surface area (Å²) < 4.78 is 10.9. The van der Waals surface area contributed by atoms with E-state index < -0.39 is 0 Å². The van der Waals surface area contributed by atoms with Gasteiger partial charge in [-0.3, -0.25) is 4.79 Å². The van der Waals surface area contributed by atoms with Crippen molar-refractivity contribution in [3.63, 3.8) is 0 Å². The van der Waals surface area contributed by atoms with Gasteiger partial charge in [-0.25, -0.2) is 0 Å². The summed E-state index contributed by atoms with van der Waals surface area (Å²) in [6.07, 6.45) is 2.77. The lowest BCUT2D eigenvalue weighted by molar-refractivity contribution is -0.133. The van der Waals surface area contributed by atoms with Crippen molar-refractivity contribution in [3.05, 3.63) is 53.6 Å². The van der Waals surface area contributed by atoms with Crippen LogP contribution in [0, 0.1) is 0 Å². The second kappa shape index (κ2) is 9.16. The fourth-order valence-electron chi connectivity index (χ4n) is 4.02. The first-order valence-electron chi connectivity index (χ1n) is 10.5. The van der Waals surface area contributed by atoms with Crippen LogP contribution in [0.15, 0.2) is 42.5 Å². The molecule has 1 aliphatic rings. The highest BCUT2D eigenvalue weighted by atomic mass is 16.5. The maximum atomic E-state index is 13.1. The summed E-state index contributed by atoms with van der Waals surface area (Å²) in [6, 6.07) is 13.7. The van der Waals surface area contributed by atoms with Crippen LogP contribution in [0.1, 0.15) is 36.9 Å². The van der Waals surface area contributed by atoms with E-state index in [2.05, 4.69) is 34.5 Å². The van der Waals surface area contributed by atoms with Crippen LogP contribution in [0.5, 0.6) is 11.5 Å². The van der Waals surface area contributed by atoms with Gasteiger partial charge in [0.25, 0.3) is 0 Å². The average Bonchev–Trinajstić information content (AvgIpc) is 3.48. The number of amides is 1. The van der Waals surface area contributed by atoms with E-state index >= 15 is 0 Å². The molecule has 1 fully saturated rings. The highest BCUT2D eigenvalue weighted by molar-refractivity contribution is 5.77. The van der Waals surface area contributed by atoms with Crippen LogP contribution in [0.2, 0.25) is 0 Å². The largest absolute Gasteiger partial charge is 0.497 e. The molecule has 1 amide bonds. The molecule has 8 heteroatoms. The average molecular weight is 422 g/mol. The second-order valence-electron chi connectivity index (χ2n) is 7.55. The first kappa shape index (κ1) is 20.8. The van der Waals surface area contributed by atoms with Gasteiger partial charge in [-0.2, -0.15) is 4.80 Å². The summed E-state index contributed by atoms with van der Waals surface area (Å²) in [6.45, 7) is 2.84. The number of benzene rings is 2. The Bertz CT molecular complexity index is 1050. The molecule has 1 aromatic heterocycles. The molecule has 0 radical (unpaired) electrons. The summed E-state index contributed by atoms with van der Waals surface area (Å²) in [5.74, 6) is 1.97. The van der Waals surface area contributed by atoms with Gasteiger partial charge in [-0.1, -0.05) is 31.2 Å². The highest BCUT2D eigenvalue weighted by Crippen LogP contribution is 2.39. The summed E-state index contributed by atoms with van der Waals surface area (Å²) in [5.41, 5.74) is 3.09. The first-order valence-corrected chi connectivity index (χ1v) is 10.5. The normalized spacial score (nSPS) is 15.8. The molecule has 1 aliphatic heterocycles. The van der Waals surface area contributed by atoms with E-state index in [0.29, 0.717) is 12.4 Å². The third-order valence-electron chi connectivity index (χ3n) is 5.72. The fourth-order valence-corrected chi connectivity index (χ4v) is 4.02. The van der Waals surface area contributed by atoms with Gasteiger partial charge in [0, 0.05) is 17.7 Å². The fraction of sp³-hybridized carbons (Fsp3) is 0.391. The van der Waals surface area contributed by atoms with Crippen molar-refractivity contribution < 1.29 is 14.3 Å². The van der Waals surface area contributed by atoms with Crippen molar-refractivity contribution in [2.75, 3.05) is 20.8 Å². The lowest BCUT2D eigenvalue weighted by Gasteiger charge is -2.26. The zero-order chi connectivity index (χ0) is 21.8. The Hall–Kier alpha value is -3.42. The minimum absolute atomic E-state index is 0.0438. The van der Waals surface area contributed by atoms with E-state index in [1.54, 1.807) is 14.2 Å². The molecule has 0 spiro atoms. The SMILES string of the molecule is CCc1ccc(-c2nnn(CC(=O)N3CCC[C@H]3c3cc(OC)ccc3OC)n2)cc1. The summed E-state index contributed by atoms with van der Waals surface area (Å²) in [5, 5.41) is 12.6. The van der Waals surface area contributed by atoms with E-state index in [9.17, 15) is 4.79 Å². The molecule has 1 atom stereocenters. The van der Waals surface area contributed by atoms with Crippen LogP contribution in [0.3, 0.4) is 0 Å². The maximum Gasteiger partial charge on any atom is 0.246 e. The number of hydrogen-bond acceptors (Lipinski definition) is 6. The minimum Gasteiger partial charge on any atom is -0.497 e. The molecule has 0 aliphatic carbocycles. The molecule has 2 heterocycles. The van der Waals surface area contributed by atoms with Crippen molar-refractivity contribution in [2.45, 2.75) is 38.8 Å². The molecule has 31 heavy (non-hydrogen) atoms. The van der Waals surface area contributed by atoms with Crippen molar-refractivity contribution in [3.8, 4) is 22.9 Å². The molecule has 0 N–H and O–H groups in total. The lowest BCUT2D eigenvalue weighted by atomic mass is 10.0. The highest BCUT2D eigenvalue weighted by Gasteiger charge is 2.32. The standard InChI is InChI=1S/C23H27N5O3/c1-4-16-7-9-17(10-8-16)23-24-26-28(25-23)15-22(29)27-13-5-6-20(27)19-14-18(30-2)11-12-21(19)31-3/h7-12,14,20H,4-6,13,15H2,1-3H3/t20-/m0/s1. The number of aromatic nitrogens is 4. The van der Waals surface area contributed by atoms with Crippen LogP contribution in [-0.4, -0.2) is 51.8 Å². The van der Waals surface area contributed by atoms with Gasteiger partial charge in [-0.05, 0) is 48.2 Å². The summed E-state index contributed by atoms with van der Waals surface area (Å²) in [7, 11) is 3.27. The minimum atomic E-state index is -0.0675. The van der Waals surface area contributed by atoms with Crippen LogP contribution < -0.4 is 9.47 Å². The Labute approximate surface area is 181 Å². The number of methoxy groups -OCH3 is 2. The van der Waals surface area contributed by atoms with E-state index in [1.807, 2.05) is 35.2 Å². The molecule has 8 nitrogen and oxygen atoms in total. The Morgan fingerprint density at radius 2 is 1.94 bits per heavy atom. The van der Waals surface area contributed by atoms with Crippen molar-refractivity contribution >= 4 is 5.91 Å². The van der Waals surface area contributed by atoms with Gasteiger partial charge in [0.05, 0.1) is 20.3 Å². The second-order valence-corrected chi connectivity index (χ2v) is 7.55. The molecular formula is C23H27N5O3. The van der Waals surface area contributed by atoms with Gasteiger partial charge >= 0.3 is 0 Å². The number of likely N-dealkylation sites (tertiary alicyclic amines) is 1. The van der Waals surface area contributed by atoms with Gasteiger partial charge in [-0.15, -0.1) is 10.2 Å². The number of ether oxygens (including phenoxy) is 2. The van der Waals surface area contributed by atoms with Gasteiger partial charge in [0.2, 0.25) is 11.7 Å². The Kier molecular flexibility index (Phi) is 6.16. The zero-order valence-electron chi connectivity index (χ0n) is 18.1. The Morgan fingerprint density at radius 1 is 1.13 bits per heavy atom. The molecule has 2 aromatic carbocycles. The van der Waals surface area contributed by atoms with Crippen molar-refractivity contribution in [1.29, 1.82) is 0 Å². The van der Waals surface area contributed by atoms with Gasteiger partial charge < -0.3 is 14.4 Å². The quantitative estimate of drug-likeness (QED) is 0.582. The molecule has 3 aromatic rings. The van der Waals surface area contributed by atoms with Crippen molar-refractivity contribution in [1.82, 2.24) is 25.1 Å². The summed E-state index contributed by atoms with van der Waals surface area (Å²) in [4.78, 5) is 16.3. The number of tetrazole rings is 1. The maximum absolute atomic E-state index is 13.1. The molecule has 4 rings (SSSR count).